The molecule has 1 aromatic rings. The predicted molar refractivity (Wildman–Crippen MR) is 76.1 cm³/mol. The molecule has 1 aromatic heterocycles. The summed E-state index contributed by atoms with van der Waals surface area (Å²) in [4.78, 5) is 14.8. The summed E-state index contributed by atoms with van der Waals surface area (Å²) in [6, 6.07) is 3.90. The van der Waals surface area contributed by atoms with Gasteiger partial charge in [-0.05, 0) is 40.0 Å². The van der Waals surface area contributed by atoms with Gasteiger partial charge in [0.05, 0.1) is 10.8 Å². The fourth-order valence-electron chi connectivity index (χ4n) is 1.46. The van der Waals surface area contributed by atoms with Crippen molar-refractivity contribution in [3.8, 4) is 0 Å². The number of rotatable bonds is 5. The molecule has 5 heteroatoms. The van der Waals surface area contributed by atoms with E-state index in [9.17, 15) is 4.79 Å². The Kier molecular flexibility index (Phi) is 5.63. The number of hydrogen-bond donors (Lipinski definition) is 0. The summed E-state index contributed by atoms with van der Waals surface area (Å²) in [6.07, 6.45) is 0.410. The summed E-state index contributed by atoms with van der Waals surface area (Å²) in [5.74, 6) is -0.154. The molecular weight excluding hydrogens is 270 g/mol. The summed E-state index contributed by atoms with van der Waals surface area (Å²) in [7, 11) is 1.98. The monoisotopic (exact) mass is 289 g/mol. The second-order valence-electron chi connectivity index (χ2n) is 5.28. The number of esters is 1. The van der Waals surface area contributed by atoms with Crippen LogP contribution in [0, 0.1) is 0 Å². The van der Waals surface area contributed by atoms with Crippen molar-refractivity contribution in [2.45, 2.75) is 39.3 Å². The van der Waals surface area contributed by atoms with Crippen molar-refractivity contribution in [1.29, 1.82) is 0 Å². The Morgan fingerprint density at radius 1 is 1.44 bits per heavy atom. The van der Waals surface area contributed by atoms with E-state index in [0.717, 1.165) is 10.9 Å². The number of hydrogen-bond acceptors (Lipinski definition) is 4. The van der Waals surface area contributed by atoms with Gasteiger partial charge in [-0.15, -0.1) is 11.3 Å². The van der Waals surface area contributed by atoms with E-state index in [2.05, 4.69) is 4.90 Å². The number of nitrogens with zero attached hydrogens (tertiary/aromatic N) is 1. The van der Waals surface area contributed by atoms with Gasteiger partial charge >= 0.3 is 5.97 Å². The van der Waals surface area contributed by atoms with E-state index in [1.54, 1.807) is 11.3 Å². The van der Waals surface area contributed by atoms with Gasteiger partial charge in [-0.3, -0.25) is 4.79 Å². The molecular formula is C13H20ClNO2S. The molecule has 0 N–H and O–H groups in total. The molecule has 0 aromatic carbocycles. The molecule has 0 saturated carbocycles. The quantitative estimate of drug-likeness (QED) is 0.776. The average Bonchev–Trinajstić information content (AvgIpc) is 2.58. The molecule has 0 amide bonds. The smallest absolute Gasteiger partial charge is 0.307 e. The van der Waals surface area contributed by atoms with Gasteiger partial charge in [-0.25, -0.2) is 0 Å². The number of carbonyl (C=O) groups excluding carboxylic acids is 1. The fraction of sp³-hybridized carbons (Fsp3) is 0.615. The summed E-state index contributed by atoms with van der Waals surface area (Å²) >= 11 is 7.44. The molecule has 0 radical (unpaired) electrons. The number of ether oxygens (including phenoxy) is 1. The zero-order valence-corrected chi connectivity index (χ0v) is 12.9. The minimum atomic E-state index is -0.406. The highest BCUT2D eigenvalue weighted by atomic mass is 35.5. The first-order valence-electron chi connectivity index (χ1n) is 5.91. The first-order valence-corrected chi connectivity index (χ1v) is 7.10. The molecule has 0 bridgehead atoms. The van der Waals surface area contributed by atoms with Crippen LogP contribution in [0.3, 0.4) is 0 Å². The van der Waals surface area contributed by atoms with Crippen molar-refractivity contribution in [3.63, 3.8) is 0 Å². The molecule has 1 rings (SSSR count). The van der Waals surface area contributed by atoms with Crippen molar-refractivity contribution in [1.82, 2.24) is 4.90 Å². The Labute approximate surface area is 118 Å². The van der Waals surface area contributed by atoms with E-state index in [0.29, 0.717) is 13.0 Å². The molecule has 0 aliphatic rings. The molecule has 18 heavy (non-hydrogen) atoms. The van der Waals surface area contributed by atoms with E-state index in [1.807, 2.05) is 40.0 Å². The Bertz CT molecular complexity index is 398. The van der Waals surface area contributed by atoms with Crippen LogP contribution >= 0.6 is 22.9 Å². The maximum Gasteiger partial charge on any atom is 0.307 e. The lowest BCUT2D eigenvalue weighted by molar-refractivity contribution is -0.155. The van der Waals surface area contributed by atoms with Gasteiger partial charge < -0.3 is 9.64 Å². The third kappa shape index (κ3) is 6.38. The van der Waals surface area contributed by atoms with Crippen LogP contribution in [0.1, 0.15) is 32.1 Å². The Balaban J connectivity index is 2.29. The molecule has 0 saturated heterocycles. The fourth-order valence-corrected chi connectivity index (χ4v) is 2.62. The minimum absolute atomic E-state index is 0.154. The summed E-state index contributed by atoms with van der Waals surface area (Å²) in [5, 5.41) is 0. The highest BCUT2D eigenvalue weighted by Gasteiger charge is 2.16. The summed E-state index contributed by atoms with van der Waals surface area (Å²) < 4.78 is 6.06. The van der Waals surface area contributed by atoms with Crippen LogP contribution in [0.25, 0.3) is 0 Å². The molecule has 0 spiro atoms. The highest BCUT2D eigenvalue weighted by Crippen LogP contribution is 2.22. The lowest BCUT2D eigenvalue weighted by Gasteiger charge is -2.21. The van der Waals surface area contributed by atoms with Gasteiger partial charge in [-0.2, -0.15) is 0 Å². The zero-order valence-electron chi connectivity index (χ0n) is 11.3. The van der Waals surface area contributed by atoms with Crippen LogP contribution in [0.5, 0.6) is 0 Å². The Morgan fingerprint density at radius 3 is 2.61 bits per heavy atom. The molecule has 0 aliphatic carbocycles. The van der Waals surface area contributed by atoms with E-state index < -0.39 is 5.60 Å². The van der Waals surface area contributed by atoms with Gasteiger partial charge in [0, 0.05) is 18.0 Å². The van der Waals surface area contributed by atoms with Crippen molar-refractivity contribution in [2.24, 2.45) is 0 Å². The van der Waals surface area contributed by atoms with Crippen LogP contribution < -0.4 is 0 Å². The van der Waals surface area contributed by atoms with Gasteiger partial charge in [0.2, 0.25) is 0 Å². The predicted octanol–water partition coefficient (Wildman–Crippen LogP) is 3.57. The number of halogens is 1. The second-order valence-corrected chi connectivity index (χ2v) is 7.08. The first kappa shape index (κ1) is 15.5. The minimum Gasteiger partial charge on any atom is -0.460 e. The van der Waals surface area contributed by atoms with E-state index in [1.165, 1.54) is 4.88 Å². The lowest BCUT2D eigenvalue weighted by atomic mass is 10.2. The van der Waals surface area contributed by atoms with Crippen LogP contribution in [0.2, 0.25) is 4.34 Å². The zero-order chi connectivity index (χ0) is 13.8. The van der Waals surface area contributed by atoms with Crippen LogP contribution in [0.15, 0.2) is 12.1 Å². The Hall–Kier alpha value is -0.580. The van der Waals surface area contributed by atoms with Crippen molar-refractivity contribution in [3.05, 3.63) is 21.3 Å². The maximum absolute atomic E-state index is 11.6. The van der Waals surface area contributed by atoms with Gasteiger partial charge in [0.25, 0.3) is 0 Å². The van der Waals surface area contributed by atoms with Gasteiger partial charge in [0.1, 0.15) is 5.60 Å². The third-order valence-electron chi connectivity index (χ3n) is 2.17. The van der Waals surface area contributed by atoms with Crippen LogP contribution in [-0.2, 0) is 16.1 Å². The highest BCUT2D eigenvalue weighted by molar-refractivity contribution is 7.16. The summed E-state index contributed by atoms with van der Waals surface area (Å²) in [5.41, 5.74) is -0.406. The molecule has 0 fully saturated rings. The summed E-state index contributed by atoms with van der Waals surface area (Å²) in [6.45, 7) is 7.12. The van der Waals surface area contributed by atoms with Crippen LogP contribution in [-0.4, -0.2) is 30.1 Å². The molecule has 0 atom stereocenters. The largest absolute Gasteiger partial charge is 0.460 e. The van der Waals surface area contributed by atoms with E-state index in [4.69, 9.17) is 16.3 Å². The number of carbonyl (C=O) groups is 1. The maximum atomic E-state index is 11.6. The standard InChI is InChI=1S/C13H20ClNO2S/c1-13(2,3)17-12(16)7-8-15(4)9-10-5-6-11(14)18-10/h5-6H,7-9H2,1-4H3. The molecule has 102 valence electrons. The van der Waals surface area contributed by atoms with E-state index in [-0.39, 0.29) is 5.97 Å². The SMILES string of the molecule is CN(CCC(=O)OC(C)(C)C)Cc1ccc(Cl)s1. The molecule has 1 heterocycles. The van der Waals surface area contributed by atoms with Gasteiger partial charge in [0.15, 0.2) is 0 Å². The van der Waals surface area contributed by atoms with Crippen molar-refractivity contribution < 1.29 is 9.53 Å². The first-order chi connectivity index (χ1) is 8.26. The van der Waals surface area contributed by atoms with E-state index >= 15 is 0 Å². The van der Waals surface area contributed by atoms with Crippen molar-refractivity contribution in [2.75, 3.05) is 13.6 Å². The second kappa shape index (κ2) is 6.55. The van der Waals surface area contributed by atoms with Crippen LogP contribution in [0.4, 0.5) is 0 Å². The normalized spacial score (nSPS) is 11.9. The number of thiophene rings is 1. The Morgan fingerprint density at radius 2 is 2.11 bits per heavy atom. The molecule has 3 nitrogen and oxygen atoms in total. The topological polar surface area (TPSA) is 29.5 Å². The molecule has 0 aliphatic heterocycles. The average molecular weight is 290 g/mol. The van der Waals surface area contributed by atoms with Crippen molar-refractivity contribution >= 4 is 28.9 Å². The lowest BCUT2D eigenvalue weighted by Crippen LogP contribution is -2.27. The third-order valence-corrected chi connectivity index (χ3v) is 3.39. The van der Waals surface area contributed by atoms with Gasteiger partial charge in [-0.1, -0.05) is 11.6 Å². The molecule has 0 unspecified atom stereocenters.